The van der Waals surface area contributed by atoms with Crippen LogP contribution in [0.3, 0.4) is 0 Å². The van der Waals surface area contributed by atoms with E-state index in [2.05, 4.69) is 5.32 Å². The summed E-state index contributed by atoms with van der Waals surface area (Å²) in [6.07, 6.45) is 2.41. The van der Waals surface area contributed by atoms with E-state index in [0.29, 0.717) is 18.9 Å². The first-order chi connectivity index (χ1) is 9.49. The highest BCUT2D eigenvalue weighted by Gasteiger charge is 2.26. The lowest BCUT2D eigenvalue weighted by molar-refractivity contribution is -0.385. The van der Waals surface area contributed by atoms with Crippen molar-refractivity contribution in [2.24, 2.45) is 0 Å². The third kappa shape index (κ3) is 3.11. The molecule has 0 radical (unpaired) electrons. The second-order valence-electron chi connectivity index (χ2n) is 4.85. The van der Waals surface area contributed by atoms with Gasteiger partial charge in [0.1, 0.15) is 5.82 Å². The van der Waals surface area contributed by atoms with Gasteiger partial charge in [0.2, 0.25) is 0 Å². The molecule has 2 N–H and O–H groups in total. The minimum atomic E-state index is -0.943. The van der Waals surface area contributed by atoms with Crippen LogP contribution in [0.5, 0.6) is 0 Å². The van der Waals surface area contributed by atoms with E-state index in [0.717, 1.165) is 25.0 Å². The fourth-order valence-electron chi connectivity index (χ4n) is 2.33. The molecular weight excluding hydrogens is 267 g/mol. The van der Waals surface area contributed by atoms with Gasteiger partial charge in [0.05, 0.1) is 28.7 Å². The number of benzene rings is 1. The Hall–Kier alpha value is -2.02. The number of nitrogens with zero attached hydrogens (tertiary/aromatic N) is 1. The average Bonchev–Trinajstić information content (AvgIpc) is 2.41. The zero-order chi connectivity index (χ0) is 14.7. The Morgan fingerprint density at radius 2 is 2.10 bits per heavy atom. The molecular formula is C13H15FN2O4. The van der Waals surface area contributed by atoms with Crippen LogP contribution in [0, 0.1) is 15.9 Å². The zero-order valence-electron chi connectivity index (χ0n) is 10.7. The van der Waals surface area contributed by atoms with Gasteiger partial charge in [0.25, 0.3) is 11.6 Å². The second-order valence-corrected chi connectivity index (χ2v) is 4.85. The molecule has 7 heteroatoms. The van der Waals surface area contributed by atoms with Gasteiger partial charge < -0.3 is 10.4 Å². The lowest BCUT2D eigenvalue weighted by Gasteiger charge is -2.28. The summed E-state index contributed by atoms with van der Waals surface area (Å²) in [5.74, 6) is -1.61. The fraction of sp³-hybridized carbons (Fsp3) is 0.462. The molecule has 0 saturated heterocycles. The van der Waals surface area contributed by atoms with Gasteiger partial charge >= 0.3 is 0 Å². The van der Waals surface area contributed by atoms with Crippen molar-refractivity contribution in [1.82, 2.24) is 5.32 Å². The standard InChI is InChI=1S/C13H15FN2O4/c14-10-7-8(16(19)20)5-6-9(10)13(18)15-11-3-1-2-4-12(11)17/h5-7,11-12,17H,1-4H2,(H,15,18)/t11-,12-/m1/s1. The molecule has 0 bridgehead atoms. The predicted octanol–water partition coefficient (Wildman–Crippen LogP) is 1.77. The van der Waals surface area contributed by atoms with Crippen LogP contribution < -0.4 is 5.32 Å². The number of nitrogens with one attached hydrogen (secondary N) is 1. The predicted molar refractivity (Wildman–Crippen MR) is 68.8 cm³/mol. The summed E-state index contributed by atoms with van der Waals surface area (Å²) in [7, 11) is 0. The fourth-order valence-corrected chi connectivity index (χ4v) is 2.33. The Balaban J connectivity index is 2.11. The number of halogens is 1. The summed E-state index contributed by atoms with van der Waals surface area (Å²) >= 11 is 0. The van der Waals surface area contributed by atoms with Gasteiger partial charge in [-0.3, -0.25) is 14.9 Å². The number of aliphatic hydroxyl groups is 1. The molecule has 0 unspecified atom stereocenters. The number of aliphatic hydroxyl groups excluding tert-OH is 1. The summed E-state index contributed by atoms with van der Waals surface area (Å²) in [6, 6.07) is 2.48. The molecule has 1 saturated carbocycles. The van der Waals surface area contributed by atoms with Gasteiger partial charge in [-0.1, -0.05) is 12.8 Å². The summed E-state index contributed by atoms with van der Waals surface area (Å²) in [6.45, 7) is 0. The van der Waals surface area contributed by atoms with E-state index >= 15 is 0 Å². The third-order valence-corrected chi connectivity index (χ3v) is 3.45. The van der Waals surface area contributed by atoms with Crippen LogP contribution in [-0.2, 0) is 0 Å². The lowest BCUT2D eigenvalue weighted by atomic mass is 9.92. The Morgan fingerprint density at radius 3 is 2.70 bits per heavy atom. The molecule has 1 amide bonds. The molecule has 108 valence electrons. The number of rotatable bonds is 3. The van der Waals surface area contributed by atoms with E-state index in [-0.39, 0.29) is 5.56 Å². The van der Waals surface area contributed by atoms with E-state index in [1.165, 1.54) is 0 Å². The zero-order valence-corrected chi connectivity index (χ0v) is 10.7. The smallest absolute Gasteiger partial charge is 0.272 e. The maximum atomic E-state index is 13.7. The molecule has 0 aromatic heterocycles. The number of nitro benzene ring substituents is 1. The first-order valence-corrected chi connectivity index (χ1v) is 6.42. The van der Waals surface area contributed by atoms with Gasteiger partial charge in [-0.25, -0.2) is 4.39 Å². The number of carbonyl (C=O) groups is 1. The maximum absolute atomic E-state index is 13.7. The molecule has 6 nitrogen and oxygen atoms in total. The second kappa shape index (κ2) is 5.96. The largest absolute Gasteiger partial charge is 0.391 e. The van der Waals surface area contributed by atoms with Crippen molar-refractivity contribution in [1.29, 1.82) is 0 Å². The number of non-ortho nitro benzene ring substituents is 1. The molecule has 2 rings (SSSR count). The first kappa shape index (κ1) is 14.4. The molecule has 2 atom stereocenters. The molecule has 0 aliphatic heterocycles. The van der Waals surface area contributed by atoms with Crippen molar-refractivity contribution in [3.63, 3.8) is 0 Å². The van der Waals surface area contributed by atoms with Crippen molar-refractivity contribution in [3.05, 3.63) is 39.7 Å². The number of nitro groups is 1. The van der Waals surface area contributed by atoms with Gasteiger partial charge in [-0.05, 0) is 18.9 Å². The molecule has 0 spiro atoms. The van der Waals surface area contributed by atoms with Crippen LogP contribution in [0.2, 0.25) is 0 Å². The molecule has 20 heavy (non-hydrogen) atoms. The highest BCUT2D eigenvalue weighted by molar-refractivity contribution is 5.94. The molecule has 0 heterocycles. The van der Waals surface area contributed by atoms with Gasteiger partial charge in [0.15, 0.2) is 0 Å². The highest BCUT2D eigenvalue weighted by atomic mass is 19.1. The topological polar surface area (TPSA) is 92.5 Å². The summed E-state index contributed by atoms with van der Waals surface area (Å²) in [5, 5.41) is 22.8. The van der Waals surface area contributed by atoms with Crippen molar-refractivity contribution >= 4 is 11.6 Å². The first-order valence-electron chi connectivity index (χ1n) is 6.42. The molecule has 1 aromatic carbocycles. The van der Waals surface area contributed by atoms with Gasteiger partial charge in [0, 0.05) is 6.07 Å². The summed E-state index contributed by atoms with van der Waals surface area (Å²) in [4.78, 5) is 21.7. The molecule has 1 fully saturated rings. The van der Waals surface area contributed by atoms with Crippen LogP contribution in [0.15, 0.2) is 18.2 Å². The summed E-state index contributed by atoms with van der Waals surface area (Å²) < 4.78 is 13.7. The number of amides is 1. The quantitative estimate of drug-likeness (QED) is 0.652. The Bertz CT molecular complexity index is 535. The van der Waals surface area contributed by atoms with Crippen LogP contribution in [0.1, 0.15) is 36.0 Å². The Labute approximate surface area is 114 Å². The monoisotopic (exact) mass is 282 g/mol. The van der Waals surface area contributed by atoms with Crippen molar-refractivity contribution in [3.8, 4) is 0 Å². The van der Waals surface area contributed by atoms with E-state index in [1.54, 1.807) is 0 Å². The Morgan fingerprint density at radius 1 is 1.40 bits per heavy atom. The van der Waals surface area contributed by atoms with Crippen LogP contribution in [0.4, 0.5) is 10.1 Å². The third-order valence-electron chi connectivity index (χ3n) is 3.45. The summed E-state index contributed by atoms with van der Waals surface area (Å²) in [5.41, 5.74) is -0.662. The van der Waals surface area contributed by atoms with Crippen molar-refractivity contribution in [2.45, 2.75) is 37.8 Å². The normalized spacial score (nSPS) is 22.3. The highest BCUT2D eigenvalue weighted by Crippen LogP contribution is 2.20. The number of hydrogen-bond acceptors (Lipinski definition) is 4. The number of hydrogen-bond donors (Lipinski definition) is 2. The van der Waals surface area contributed by atoms with Gasteiger partial charge in [-0.2, -0.15) is 0 Å². The minimum absolute atomic E-state index is 0.256. The van der Waals surface area contributed by atoms with Crippen LogP contribution in [0.25, 0.3) is 0 Å². The van der Waals surface area contributed by atoms with E-state index < -0.39 is 34.5 Å². The SMILES string of the molecule is O=C(N[C@@H]1CCCC[C@H]1O)c1ccc([N+](=O)[O-])cc1F. The van der Waals surface area contributed by atoms with E-state index in [9.17, 15) is 24.4 Å². The van der Waals surface area contributed by atoms with Crippen molar-refractivity contribution in [2.75, 3.05) is 0 Å². The Kier molecular flexibility index (Phi) is 4.29. The lowest BCUT2D eigenvalue weighted by Crippen LogP contribution is -2.45. The van der Waals surface area contributed by atoms with Gasteiger partial charge in [-0.15, -0.1) is 0 Å². The maximum Gasteiger partial charge on any atom is 0.272 e. The van der Waals surface area contributed by atoms with E-state index in [1.807, 2.05) is 0 Å². The van der Waals surface area contributed by atoms with E-state index in [4.69, 9.17) is 0 Å². The number of carbonyl (C=O) groups excluding carboxylic acids is 1. The minimum Gasteiger partial charge on any atom is -0.391 e. The molecule has 1 aliphatic rings. The van der Waals surface area contributed by atoms with Crippen LogP contribution in [-0.4, -0.2) is 28.1 Å². The molecule has 1 aromatic rings. The van der Waals surface area contributed by atoms with Crippen LogP contribution >= 0.6 is 0 Å². The van der Waals surface area contributed by atoms with Crippen molar-refractivity contribution < 1.29 is 19.2 Å². The molecule has 1 aliphatic carbocycles. The average molecular weight is 282 g/mol.